The van der Waals surface area contributed by atoms with E-state index >= 15 is 0 Å². The first-order valence-electron chi connectivity index (χ1n) is 4.48. The highest BCUT2D eigenvalue weighted by atomic mass is 16.1. The van der Waals surface area contributed by atoms with Crippen molar-refractivity contribution >= 4 is 6.08 Å². The predicted octanol–water partition coefficient (Wildman–Crippen LogP) is 2.39. The average molecular weight is 167 g/mol. The summed E-state index contributed by atoms with van der Waals surface area (Å²) in [6.45, 7) is 9.76. The minimum Gasteiger partial charge on any atom is -0.211 e. The second-order valence-electron chi connectivity index (χ2n) is 4.76. The summed E-state index contributed by atoms with van der Waals surface area (Å²) in [4.78, 5) is 13.4. The molecule has 0 bridgehead atoms. The van der Waals surface area contributed by atoms with Gasteiger partial charge in [0.2, 0.25) is 6.08 Å². The lowest BCUT2D eigenvalue weighted by atomic mass is 10.0. The van der Waals surface area contributed by atoms with Crippen molar-refractivity contribution in [3.05, 3.63) is 0 Å². The van der Waals surface area contributed by atoms with Gasteiger partial charge in [0.25, 0.3) is 0 Å². The van der Waals surface area contributed by atoms with Crippen LogP contribution in [0.25, 0.3) is 0 Å². The maximum absolute atomic E-state index is 9.84. The van der Waals surface area contributed by atoms with E-state index in [1.807, 2.05) is 0 Å². The Morgan fingerprint density at radius 1 is 1.25 bits per heavy atom. The van der Waals surface area contributed by atoms with E-state index in [1.54, 1.807) is 6.08 Å². The lowest BCUT2D eigenvalue weighted by Gasteiger charge is -2.04. The SMILES string of the molecule is CC1(C)C(CCN=C=O)C1(C)C. The summed E-state index contributed by atoms with van der Waals surface area (Å²) in [7, 11) is 0. The van der Waals surface area contributed by atoms with Gasteiger partial charge in [0.15, 0.2) is 0 Å². The molecule has 1 aliphatic carbocycles. The molecule has 0 aromatic carbocycles. The zero-order chi connectivity index (χ0) is 9.41. The van der Waals surface area contributed by atoms with Crippen molar-refractivity contribution in [1.82, 2.24) is 0 Å². The molecule has 0 saturated heterocycles. The summed E-state index contributed by atoms with van der Waals surface area (Å²) in [5.74, 6) is 0.710. The van der Waals surface area contributed by atoms with Crippen LogP contribution < -0.4 is 0 Å². The summed E-state index contributed by atoms with van der Waals surface area (Å²) in [6, 6.07) is 0. The smallest absolute Gasteiger partial charge is 0.211 e. The van der Waals surface area contributed by atoms with Crippen LogP contribution in [0.2, 0.25) is 0 Å². The van der Waals surface area contributed by atoms with Crippen LogP contribution in [0, 0.1) is 16.7 Å². The molecular weight excluding hydrogens is 150 g/mol. The predicted molar refractivity (Wildman–Crippen MR) is 48.7 cm³/mol. The first-order valence-corrected chi connectivity index (χ1v) is 4.48. The summed E-state index contributed by atoms with van der Waals surface area (Å²) in [5, 5.41) is 0. The summed E-state index contributed by atoms with van der Waals surface area (Å²) < 4.78 is 0. The van der Waals surface area contributed by atoms with Gasteiger partial charge >= 0.3 is 0 Å². The molecule has 0 aromatic heterocycles. The van der Waals surface area contributed by atoms with Gasteiger partial charge in [-0.05, 0) is 23.2 Å². The minimum absolute atomic E-state index is 0.422. The van der Waals surface area contributed by atoms with Crippen LogP contribution in [-0.2, 0) is 4.79 Å². The van der Waals surface area contributed by atoms with Crippen LogP contribution in [0.1, 0.15) is 34.1 Å². The first-order chi connectivity index (χ1) is 5.44. The number of hydrogen-bond donors (Lipinski definition) is 0. The lowest BCUT2D eigenvalue weighted by Crippen LogP contribution is -1.95. The Hall–Kier alpha value is -0.620. The molecule has 0 unspecified atom stereocenters. The molecule has 0 radical (unpaired) electrons. The second kappa shape index (κ2) is 2.70. The standard InChI is InChI=1S/C10H17NO/c1-9(2)8(10(9,3)4)5-6-11-7-12/h8H,5-6H2,1-4H3. The molecule has 0 heterocycles. The third-order valence-electron chi connectivity index (χ3n) is 3.91. The van der Waals surface area contributed by atoms with Crippen molar-refractivity contribution in [2.75, 3.05) is 6.54 Å². The topological polar surface area (TPSA) is 29.4 Å². The summed E-state index contributed by atoms with van der Waals surface area (Å²) in [5.41, 5.74) is 0.844. The summed E-state index contributed by atoms with van der Waals surface area (Å²) in [6.07, 6.45) is 2.60. The third kappa shape index (κ3) is 1.21. The number of rotatable bonds is 3. The van der Waals surface area contributed by atoms with Gasteiger partial charge in [-0.15, -0.1) is 0 Å². The van der Waals surface area contributed by atoms with Crippen molar-refractivity contribution < 1.29 is 4.79 Å². The number of isocyanates is 1. The third-order valence-corrected chi connectivity index (χ3v) is 3.91. The Morgan fingerprint density at radius 2 is 1.75 bits per heavy atom. The maximum Gasteiger partial charge on any atom is 0.234 e. The molecular formula is C10H17NO. The van der Waals surface area contributed by atoms with E-state index < -0.39 is 0 Å². The molecule has 2 nitrogen and oxygen atoms in total. The summed E-state index contributed by atoms with van der Waals surface area (Å²) >= 11 is 0. The van der Waals surface area contributed by atoms with E-state index in [9.17, 15) is 4.79 Å². The molecule has 1 saturated carbocycles. The molecule has 0 amide bonds. The van der Waals surface area contributed by atoms with Crippen LogP contribution in [0.5, 0.6) is 0 Å². The Labute approximate surface area is 74.1 Å². The van der Waals surface area contributed by atoms with E-state index in [1.165, 1.54) is 0 Å². The minimum atomic E-state index is 0.422. The molecule has 1 fully saturated rings. The fourth-order valence-corrected chi connectivity index (χ4v) is 2.29. The molecule has 0 atom stereocenters. The van der Waals surface area contributed by atoms with Crippen molar-refractivity contribution in [2.45, 2.75) is 34.1 Å². The molecule has 0 aromatic rings. The van der Waals surface area contributed by atoms with Crippen molar-refractivity contribution in [2.24, 2.45) is 21.7 Å². The van der Waals surface area contributed by atoms with Crippen molar-refractivity contribution in [1.29, 1.82) is 0 Å². The first kappa shape index (κ1) is 9.47. The Morgan fingerprint density at radius 3 is 2.08 bits per heavy atom. The molecule has 2 heteroatoms. The highest BCUT2D eigenvalue weighted by Crippen LogP contribution is 2.69. The fourth-order valence-electron chi connectivity index (χ4n) is 2.29. The number of nitrogens with zero attached hydrogens (tertiary/aromatic N) is 1. The molecule has 0 spiro atoms. The van der Waals surface area contributed by atoms with E-state index in [2.05, 4.69) is 32.7 Å². The van der Waals surface area contributed by atoms with Crippen LogP contribution >= 0.6 is 0 Å². The zero-order valence-electron chi connectivity index (χ0n) is 8.35. The zero-order valence-corrected chi connectivity index (χ0v) is 8.35. The van der Waals surface area contributed by atoms with Gasteiger partial charge in [-0.25, -0.2) is 9.79 Å². The van der Waals surface area contributed by atoms with Gasteiger partial charge in [0.05, 0.1) is 6.54 Å². The van der Waals surface area contributed by atoms with E-state index in [0.29, 0.717) is 23.3 Å². The molecule has 1 aliphatic rings. The van der Waals surface area contributed by atoms with E-state index in [0.717, 1.165) is 6.42 Å². The normalized spacial score (nSPS) is 24.7. The molecule has 0 aliphatic heterocycles. The van der Waals surface area contributed by atoms with Gasteiger partial charge < -0.3 is 0 Å². The molecule has 1 rings (SSSR count). The average Bonchev–Trinajstić information content (AvgIpc) is 2.32. The van der Waals surface area contributed by atoms with E-state index in [4.69, 9.17) is 0 Å². The van der Waals surface area contributed by atoms with Crippen molar-refractivity contribution in [3.8, 4) is 0 Å². The van der Waals surface area contributed by atoms with Crippen LogP contribution in [0.4, 0.5) is 0 Å². The highest BCUT2D eigenvalue weighted by molar-refractivity contribution is 5.32. The largest absolute Gasteiger partial charge is 0.234 e. The van der Waals surface area contributed by atoms with Crippen LogP contribution in [0.15, 0.2) is 4.99 Å². The second-order valence-corrected chi connectivity index (χ2v) is 4.76. The quantitative estimate of drug-likeness (QED) is 0.469. The van der Waals surface area contributed by atoms with Gasteiger partial charge in [-0.1, -0.05) is 27.7 Å². The molecule has 0 N–H and O–H groups in total. The van der Waals surface area contributed by atoms with Crippen LogP contribution in [0.3, 0.4) is 0 Å². The number of carbonyl (C=O) groups excluding carboxylic acids is 1. The number of hydrogen-bond acceptors (Lipinski definition) is 2. The Bertz CT molecular complexity index is 210. The Kier molecular flexibility index (Phi) is 2.13. The molecule has 68 valence electrons. The fraction of sp³-hybridized carbons (Fsp3) is 0.900. The van der Waals surface area contributed by atoms with Gasteiger partial charge in [-0.3, -0.25) is 0 Å². The highest BCUT2D eigenvalue weighted by Gasteiger charge is 2.63. The Balaban J connectivity index is 2.43. The van der Waals surface area contributed by atoms with E-state index in [-0.39, 0.29) is 0 Å². The monoisotopic (exact) mass is 167 g/mol. The van der Waals surface area contributed by atoms with Crippen molar-refractivity contribution in [3.63, 3.8) is 0 Å². The van der Waals surface area contributed by atoms with Gasteiger partial charge in [0.1, 0.15) is 0 Å². The van der Waals surface area contributed by atoms with Gasteiger partial charge in [0, 0.05) is 0 Å². The van der Waals surface area contributed by atoms with Crippen LogP contribution in [-0.4, -0.2) is 12.6 Å². The number of aliphatic imine (C=N–C) groups is 1. The lowest BCUT2D eigenvalue weighted by molar-refractivity contribution is 0.457. The molecule has 12 heavy (non-hydrogen) atoms. The maximum atomic E-state index is 9.84. The van der Waals surface area contributed by atoms with Gasteiger partial charge in [-0.2, -0.15) is 0 Å².